The second kappa shape index (κ2) is 13.7. The quantitative estimate of drug-likeness (QED) is 0.403. The molecule has 1 aromatic rings. The zero-order chi connectivity index (χ0) is 25.4. The number of benzene rings is 1. The minimum absolute atomic E-state index is 0.00671. The zero-order valence-corrected chi connectivity index (χ0v) is 22.9. The van der Waals surface area contributed by atoms with E-state index in [0.717, 1.165) is 67.1 Å². The summed E-state index contributed by atoms with van der Waals surface area (Å²) in [5.74, 6) is 2.07. The van der Waals surface area contributed by atoms with E-state index in [-0.39, 0.29) is 12.5 Å². The highest BCUT2D eigenvalue weighted by molar-refractivity contribution is 7.82. The van der Waals surface area contributed by atoms with Crippen molar-refractivity contribution in [2.45, 2.75) is 38.0 Å². The van der Waals surface area contributed by atoms with E-state index in [4.69, 9.17) is 14.2 Å². The fourth-order valence-corrected chi connectivity index (χ4v) is 6.37. The standard InChI is InChI=1S/C26H43N3O5S/c1-20-14-24(32-5)15-21(2)26(20)35(31)28(4)8-11-34-19-25(30)27(3)17-22-6-7-23(16-22)18-29-9-12-33-13-10-29/h14-15,22-23H,6-13,16-19H2,1-5H3/t22-,23+,35?/m1/s1. The highest BCUT2D eigenvalue weighted by Crippen LogP contribution is 2.32. The summed E-state index contributed by atoms with van der Waals surface area (Å²) in [6.07, 6.45) is 3.63. The molecule has 0 N–H and O–H groups in total. The van der Waals surface area contributed by atoms with Crippen LogP contribution in [0, 0.1) is 25.7 Å². The van der Waals surface area contributed by atoms with Gasteiger partial charge in [-0.3, -0.25) is 9.69 Å². The molecular weight excluding hydrogens is 466 g/mol. The third kappa shape index (κ3) is 8.25. The number of hydrogen-bond acceptors (Lipinski definition) is 6. The normalized spacial score (nSPS) is 21.9. The molecular formula is C26H43N3O5S. The van der Waals surface area contributed by atoms with Crippen molar-refractivity contribution >= 4 is 16.9 Å². The molecule has 3 rings (SSSR count). The molecule has 1 aromatic carbocycles. The number of carbonyl (C=O) groups excluding carboxylic acids is 1. The number of likely N-dealkylation sites (N-methyl/N-ethyl adjacent to an activating group) is 2. The highest BCUT2D eigenvalue weighted by Gasteiger charge is 2.28. The molecule has 1 saturated carbocycles. The van der Waals surface area contributed by atoms with Crippen LogP contribution in [0.3, 0.4) is 0 Å². The Kier molecular flexibility index (Phi) is 11.0. The molecule has 0 aromatic heterocycles. The number of nitrogens with zero attached hydrogens (tertiary/aromatic N) is 3. The van der Waals surface area contributed by atoms with Crippen molar-refractivity contribution in [3.8, 4) is 5.75 Å². The van der Waals surface area contributed by atoms with Gasteiger partial charge < -0.3 is 19.1 Å². The number of carbonyl (C=O) groups is 1. The molecule has 3 atom stereocenters. The van der Waals surface area contributed by atoms with Crippen LogP contribution in [0.2, 0.25) is 0 Å². The Hall–Kier alpha value is -1.52. The predicted molar refractivity (Wildman–Crippen MR) is 138 cm³/mol. The van der Waals surface area contributed by atoms with Crippen molar-refractivity contribution in [3.05, 3.63) is 23.3 Å². The molecule has 35 heavy (non-hydrogen) atoms. The molecule has 2 aliphatic rings. The molecule has 2 fully saturated rings. The van der Waals surface area contributed by atoms with Crippen molar-refractivity contribution in [1.29, 1.82) is 0 Å². The molecule has 1 aliphatic carbocycles. The largest absolute Gasteiger partial charge is 0.497 e. The van der Waals surface area contributed by atoms with Gasteiger partial charge in [-0.05, 0) is 68.2 Å². The third-order valence-electron chi connectivity index (χ3n) is 7.13. The van der Waals surface area contributed by atoms with Gasteiger partial charge in [0.05, 0.1) is 31.8 Å². The van der Waals surface area contributed by atoms with E-state index in [9.17, 15) is 9.00 Å². The molecule has 1 heterocycles. The first-order chi connectivity index (χ1) is 16.8. The number of ether oxygens (including phenoxy) is 3. The maximum atomic E-state index is 13.0. The fourth-order valence-electron chi connectivity index (χ4n) is 5.15. The topological polar surface area (TPSA) is 71.5 Å². The Bertz CT molecular complexity index is 838. The minimum Gasteiger partial charge on any atom is -0.497 e. The number of rotatable bonds is 12. The van der Waals surface area contributed by atoms with Gasteiger partial charge in [-0.15, -0.1) is 0 Å². The summed E-state index contributed by atoms with van der Waals surface area (Å²) in [5.41, 5.74) is 1.87. The average molecular weight is 510 g/mol. The maximum Gasteiger partial charge on any atom is 0.248 e. The fraction of sp³-hybridized carbons (Fsp3) is 0.731. The van der Waals surface area contributed by atoms with Crippen LogP contribution in [0.4, 0.5) is 0 Å². The van der Waals surface area contributed by atoms with E-state index >= 15 is 0 Å². The van der Waals surface area contributed by atoms with Gasteiger partial charge in [-0.25, -0.2) is 8.51 Å². The molecule has 0 radical (unpaired) electrons. The molecule has 1 unspecified atom stereocenters. The van der Waals surface area contributed by atoms with E-state index < -0.39 is 11.0 Å². The van der Waals surface area contributed by atoms with E-state index in [1.165, 1.54) is 19.3 Å². The van der Waals surface area contributed by atoms with E-state index in [0.29, 0.717) is 19.1 Å². The van der Waals surface area contributed by atoms with E-state index in [1.807, 2.05) is 45.0 Å². The Balaban J connectivity index is 1.34. The van der Waals surface area contributed by atoms with Crippen LogP contribution in [0.1, 0.15) is 30.4 Å². The summed E-state index contributed by atoms with van der Waals surface area (Å²) >= 11 is 0. The second-order valence-electron chi connectivity index (χ2n) is 9.98. The van der Waals surface area contributed by atoms with Gasteiger partial charge >= 0.3 is 0 Å². The Labute approximate surface area is 213 Å². The van der Waals surface area contributed by atoms with Crippen molar-refractivity contribution in [1.82, 2.24) is 14.1 Å². The number of aryl methyl sites for hydroxylation is 2. The van der Waals surface area contributed by atoms with E-state index in [1.54, 1.807) is 11.4 Å². The molecule has 0 spiro atoms. The van der Waals surface area contributed by atoms with Crippen LogP contribution >= 0.6 is 0 Å². The average Bonchev–Trinajstić information content (AvgIpc) is 3.27. The van der Waals surface area contributed by atoms with E-state index in [2.05, 4.69) is 4.90 Å². The van der Waals surface area contributed by atoms with Crippen LogP contribution in [0.5, 0.6) is 5.75 Å². The Morgan fingerprint density at radius 2 is 1.80 bits per heavy atom. The number of morpholine rings is 1. The first-order valence-corrected chi connectivity index (χ1v) is 13.8. The first kappa shape index (κ1) is 28.1. The third-order valence-corrected chi connectivity index (χ3v) is 8.87. The first-order valence-electron chi connectivity index (χ1n) is 12.7. The Morgan fingerprint density at radius 1 is 1.14 bits per heavy atom. The van der Waals surface area contributed by atoms with Crippen LogP contribution in [-0.4, -0.2) is 105 Å². The molecule has 198 valence electrons. The monoisotopic (exact) mass is 509 g/mol. The molecule has 0 bridgehead atoms. The predicted octanol–water partition coefficient (Wildman–Crippen LogP) is 2.49. The summed E-state index contributed by atoms with van der Waals surface area (Å²) in [5, 5.41) is 0. The lowest BCUT2D eigenvalue weighted by atomic mass is 10.0. The summed E-state index contributed by atoms with van der Waals surface area (Å²) in [6, 6.07) is 3.79. The van der Waals surface area contributed by atoms with Gasteiger partial charge in [0.25, 0.3) is 0 Å². The van der Waals surface area contributed by atoms with Crippen LogP contribution < -0.4 is 4.74 Å². The summed E-state index contributed by atoms with van der Waals surface area (Å²) in [4.78, 5) is 17.7. The summed E-state index contributed by atoms with van der Waals surface area (Å²) < 4.78 is 31.2. The van der Waals surface area contributed by atoms with Crippen LogP contribution in [-0.2, 0) is 25.3 Å². The van der Waals surface area contributed by atoms with Gasteiger partial charge in [0.1, 0.15) is 23.3 Å². The minimum atomic E-state index is -1.30. The SMILES string of the molecule is COc1cc(C)c(S(=O)N(C)CCOCC(=O)N(C)C[C@@H]2CC[C@H](CN3CCOCC3)C2)c(C)c1. The molecule has 1 aliphatic heterocycles. The molecule has 1 amide bonds. The van der Waals surface area contributed by atoms with Crippen LogP contribution in [0.15, 0.2) is 17.0 Å². The van der Waals surface area contributed by atoms with Gasteiger partial charge in [0, 0.05) is 46.8 Å². The van der Waals surface area contributed by atoms with Gasteiger partial charge in [-0.1, -0.05) is 0 Å². The van der Waals surface area contributed by atoms with Crippen molar-refractivity contribution in [2.24, 2.45) is 11.8 Å². The summed E-state index contributed by atoms with van der Waals surface area (Å²) in [7, 11) is 4.01. The number of methoxy groups -OCH3 is 1. The lowest BCUT2D eigenvalue weighted by Gasteiger charge is -2.29. The number of hydrogen-bond donors (Lipinski definition) is 0. The lowest BCUT2D eigenvalue weighted by molar-refractivity contribution is -0.135. The Morgan fingerprint density at radius 3 is 2.46 bits per heavy atom. The van der Waals surface area contributed by atoms with Gasteiger partial charge in [0.15, 0.2) is 0 Å². The zero-order valence-electron chi connectivity index (χ0n) is 22.1. The lowest BCUT2D eigenvalue weighted by Crippen LogP contribution is -2.39. The smallest absolute Gasteiger partial charge is 0.248 e. The summed E-state index contributed by atoms with van der Waals surface area (Å²) in [6.45, 7) is 10.5. The molecule has 1 saturated heterocycles. The van der Waals surface area contributed by atoms with Gasteiger partial charge in [0.2, 0.25) is 5.91 Å². The second-order valence-corrected chi connectivity index (χ2v) is 11.5. The van der Waals surface area contributed by atoms with Crippen LogP contribution in [0.25, 0.3) is 0 Å². The van der Waals surface area contributed by atoms with Crippen molar-refractivity contribution < 1.29 is 23.2 Å². The van der Waals surface area contributed by atoms with Gasteiger partial charge in [-0.2, -0.15) is 0 Å². The maximum absolute atomic E-state index is 13.0. The van der Waals surface area contributed by atoms with Crippen molar-refractivity contribution in [2.75, 3.05) is 80.4 Å². The molecule has 9 heteroatoms. The molecule has 8 nitrogen and oxygen atoms in total. The number of amides is 1. The highest BCUT2D eigenvalue weighted by atomic mass is 32.2. The van der Waals surface area contributed by atoms with Crippen molar-refractivity contribution in [3.63, 3.8) is 0 Å².